The molecule has 1 rings (SSSR count). The minimum Gasteiger partial charge on any atom is -0.468 e. The van der Waals surface area contributed by atoms with Crippen molar-refractivity contribution in [3.63, 3.8) is 0 Å². The maximum Gasteiger partial charge on any atom is 0.408 e. The first kappa shape index (κ1) is 27.9. The summed E-state index contributed by atoms with van der Waals surface area (Å²) in [5, 5.41) is 14.7. The van der Waals surface area contributed by atoms with Gasteiger partial charge in [-0.15, -0.1) is 0 Å². The fourth-order valence-electron chi connectivity index (χ4n) is 3.08. The summed E-state index contributed by atoms with van der Waals surface area (Å²) in [6.45, 7) is 7.79. The van der Waals surface area contributed by atoms with Gasteiger partial charge in [0.05, 0.1) is 13.7 Å². The van der Waals surface area contributed by atoms with E-state index in [0.717, 1.165) is 5.56 Å². The highest BCUT2D eigenvalue weighted by Crippen LogP contribution is 2.24. The van der Waals surface area contributed by atoms with Crippen molar-refractivity contribution < 1.29 is 33.8 Å². The average Bonchev–Trinajstić information content (AvgIpc) is 2.73. The molecule has 0 bridgehead atoms. The first-order chi connectivity index (χ1) is 15.4. The normalized spacial score (nSPS) is 12.8. The Morgan fingerprint density at radius 2 is 1.85 bits per heavy atom. The number of methoxy groups -OCH3 is 1. The van der Waals surface area contributed by atoms with Crippen LogP contribution in [-0.4, -0.2) is 72.3 Å². The van der Waals surface area contributed by atoms with Crippen LogP contribution < -0.4 is 10.6 Å². The maximum atomic E-state index is 13.4. The Balaban J connectivity index is 3.29. The van der Waals surface area contributed by atoms with Gasteiger partial charge in [0.15, 0.2) is 0 Å². The number of alkyl carbamates (subject to hydrolysis) is 1. The van der Waals surface area contributed by atoms with Gasteiger partial charge in [-0.3, -0.25) is 14.4 Å². The van der Waals surface area contributed by atoms with Crippen molar-refractivity contribution in [2.24, 2.45) is 0 Å². The van der Waals surface area contributed by atoms with E-state index in [4.69, 9.17) is 4.74 Å². The molecule has 0 radical (unpaired) electrons. The lowest BCUT2D eigenvalue weighted by Crippen LogP contribution is -2.54. The number of hydrogen-bond acceptors (Lipinski definition) is 7. The first-order valence-corrected chi connectivity index (χ1v) is 10.7. The Hall–Kier alpha value is -3.14. The second-order valence-electron chi connectivity index (χ2n) is 8.52. The second kappa shape index (κ2) is 12.8. The van der Waals surface area contributed by atoms with Gasteiger partial charge in [0, 0.05) is 6.54 Å². The number of aliphatic hydroxyl groups excluding tert-OH is 1. The summed E-state index contributed by atoms with van der Waals surface area (Å²) in [5.74, 6) is -1.90. The number of carbonyl (C=O) groups is 4. The number of esters is 1. The highest BCUT2D eigenvalue weighted by Gasteiger charge is 2.35. The molecule has 2 atom stereocenters. The third kappa shape index (κ3) is 9.09. The van der Waals surface area contributed by atoms with E-state index in [0.29, 0.717) is 12.0 Å². The summed E-state index contributed by atoms with van der Waals surface area (Å²) < 4.78 is 9.75. The summed E-state index contributed by atoms with van der Waals surface area (Å²) in [5.41, 5.74) is 0.592. The van der Waals surface area contributed by atoms with Crippen molar-refractivity contribution in [3.05, 3.63) is 35.4 Å². The topological polar surface area (TPSA) is 134 Å². The molecular formula is C23H35N3O7. The Morgan fingerprint density at radius 1 is 1.18 bits per heavy atom. The minimum atomic E-state index is -1.33. The Morgan fingerprint density at radius 3 is 2.36 bits per heavy atom. The lowest BCUT2D eigenvalue weighted by Gasteiger charge is -2.34. The van der Waals surface area contributed by atoms with Crippen LogP contribution in [0.2, 0.25) is 0 Å². The van der Waals surface area contributed by atoms with Crippen LogP contribution in [-0.2, 0) is 23.9 Å². The number of carbonyl (C=O) groups excluding carboxylic acids is 4. The molecule has 1 aromatic carbocycles. The molecule has 3 N–H and O–H groups in total. The molecule has 10 heteroatoms. The Labute approximate surface area is 194 Å². The van der Waals surface area contributed by atoms with Gasteiger partial charge < -0.3 is 30.1 Å². The zero-order valence-corrected chi connectivity index (χ0v) is 20.1. The number of rotatable bonds is 10. The zero-order valence-electron chi connectivity index (χ0n) is 20.1. The predicted molar refractivity (Wildman–Crippen MR) is 121 cm³/mol. The van der Waals surface area contributed by atoms with E-state index in [9.17, 15) is 24.3 Å². The fraction of sp³-hybridized carbons (Fsp3) is 0.565. The van der Waals surface area contributed by atoms with E-state index in [1.165, 1.54) is 12.0 Å². The molecule has 1 aromatic rings. The fourth-order valence-corrected chi connectivity index (χ4v) is 3.08. The van der Waals surface area contributed by atoms with Crippen molar-refractivity contribution in [1.82, 2.24) is 15.5 Å². The van der Waals surface area contributed by atoms with E-state index in [2.05, 4.69) is 15.4 Å². The molecule has 0 saturated carbocycles. The van der Waals surface area contributed by atoms with Crippen LogP contribution in [0.25, 0.3) is 0 Å². The number of aryl methyl sites for hydroxylation is 1. The van der Waals surface area contributed by atoms with Crippen LogP contribution in [0.15, 0.2) is 24.3 Å². The molecule has 184 valence electrons. The molecule has 33 heavy (non-hydrogen) atoms. The van der Waals surface area contributed by atoms with Gasteiger partial charge >= 0.3 is 12.1 Å². The van der Waals surface area contributed by atoms with Gasteiger partial charge in [0.1, 0.15) is 24.2 Å². The SMILES string of the molecule is CCCN(C(=O)C(CO)NC(=O)OC(C)(C)C)C(C(=O)NCC(=O)OC)c1cccc(C)c1. The molecule has 2 unspecified atom stereocenters. The number of amides is 3. The van der Waals surface area contributed by atoms with Gasteiger partial charge in [-0.2, -0.15) is 0 Å². The lowest BCUT2D eigenvalue weighted by molar-refractivity contribution is -0.145. The number of ether oxygens (including phenoxy) is 2. The van der Waals surface area contributed by atoms with Crippen LogP contribution in [0.5, 0.6) is 0 Å². The van der Waals surface area contributed by atoms with E-state index in [1.54, 1.807) is 39.0 Å². The molecule has 0 saturated heterocycles. The molecule has 0 aliphatic carbocycles. The molecule has 3 amide bonds. The van der Waals surface area contributed by atoms with Crippen molar-refractivity contribution in [2.45, 2.75) is 58.7 Å². The first-order valence-electron chi connectivity index (χ1n) is 10.7. The number of nitrogens with zero attached hydrogens (tertiary/aromatic N) is 1. The number of hydrogen-bond donors (Lipinski definition) is 3. The zero-order chi connectivity index (χ0) is 25.2. The van der Waals surface area contributed by atoms with Crippen molar-refractivity contribution in [1.29, 1.82) is 0 Å². The number of nitrogens with one attached hydrogen (secondary N) is 2. The smallest absolute Gasteiger partial charge is 0.408 e. The number of aliphatic hydroxyl groups is 1. The summed E-state index contributed by atoms with van der Waals surface area (Å²) in [6, 6.07) is 4.62. The van der Waals surface area contributed by atoms with Crippen LogP contribution in [0.4, 0.5) is 4.79 Å². The Bertz CT molecular complexity index is 836. The van der Waals surface area contributed by atoms with E-state index >= 15 is 0 Å². The van der Waals surface area contributed by atoms with Gasteiger partial charge in [-0.05, 0) is 39.7 Å². The summed E-state index contributed by atoms with van der Waals surface area (Å²) in [6.07, 6.45) is -0.364. The molecule has 0 spiro atoms. The summed E-state index contributed by atoms with van der Waals surface area (Å²) >= 11 is 0. The molecule has 0 aliphatic rings. The van der Waals surface area contributed by atoms with Crippen molar-refractivity contribution >= 4 is 23.9 Å². The molecule has 0 aromatic heterocycles. The largest absolute Gasteiger partial charge is 0.468 e. The molecule has 10 nitrogen and oxygen atoms in total. The predicted octanol–water partition coefficient (Wildman–Crippen LogP) is 1.45. The monoisotopic (exact) mass is 465 g/mol. The maximum absolute atomic E-state index is 13.4. The summed E-state index contributed by atoms with van der Waals surface area (Å²) in [4.78, 5) is 51.5. The van der Waals surface area contributed by atoms with Crippen molar-refractivity contribution in [3.8, 4) is 0 Å². The molecule has 0 heterocycles. The average molecular weight is 466 g/mol. The second-order valence-corrected chi connectivity index (χ2v) is 8.52. The van der Waals surface area contributed by atoms with Gasteiger partial charge in [0.2, 0.25) is 11.8 Å². The van der Waals surface area contributed by atoms with Gasteiger partial charge in [-0.1, -0.05) is 36.8 Å². The molecular weight excluding hydrogens is 430 g/mol. The number of benzene rings is 1. The lowest BCUT2D eigenvalue weighted by atomic mass is 10.0. The quantitative estimate of drug-likeness (QED) is 0.445. The Kier molecular flexibility index (Phi) is 10.8. The van der Waals surface area contributed by atoms with Crippen LogP contribution in [0.3, 0.4) is 0 Å². The molecule has 0 fully saturated rings. The van der Waals surface area contributed by atoms with E-state index in [1.807, 2.05) is 19.9 Å². The highest BCUT2D eigenvalue weighted by molar-refractivity contribution is 5.93. The van der Waals surface area contributed by atoms with E-state index in [-0.39, 0.29) is 13.1 Å². The third-order valence-corrected chi connectivity index (χ3v) is 4.47. The van der Waals surface area contributed by atoms with Crippen LogP contribution in [0.1, 0.15) is 51.3 Å². The van der Waals surface area contributed by atoms with E-state index < -0.39 is 48.2 Å². The minimum absolute atomic E-state index is 0.162. The van der Waals surface area contributed by atoms with Crippen molar-refractivity contribution in [2.75, 3.05) is 26.8 Å². The van der Waals surface area contributed by atoms with Crippen LogP contribution >= 0.6 is 0 Å². The highest BCUT2D eigenvalue weighted by atomic mass is 16.6. The summed E-state index contributed by atoms with van der Waals surface area (Å²) in [7, 11) is 1.20. The third-order valence-electron chi connectivity index (χ3n) is 4.47. The molecule has 0 aliphatic heterocycles. The van der Waals surface area contributed by atoms with Gasteiger partial charge in [-0.25, -0.2) is 4.79 Å². The van der Waals surface area contributed by atoms with Crippen LogP contribution in [0, 0.1) is 6.92 Å². The standard InChI is InChI=1S/C23H35N3O7/c1-7-11-26(21(30)17(14-27)25-22(31)33-23(3,4)5)19(16-10-8-9-15(2)12-16)20(29)24-13-18(28)32-6/h8-10,12,17,19,27H,7,11,13-14H2,1-6H3,(H,24,29)(H,25,31). The van der Waals surface area contributed by atoms with Gasteiger partial charge in [0.25, 0.3) is 0 Å².